The molecule has 8 heteroatoms. The Balaban J connectivity index is 1.50. The van der Waals surface area contributed by atoms with Crippen molar-refractivity contribution in [3.63, 3.8) is 0 Å². The van der Waals surface area contributed by atoms with E-state index in [0.29, 0.717) is 12.8 Å². The van der Waals surface area contributed by atoms with Crippen LogP contribution in [0, 0.1) is 17.7 Å². The molecule has 3 rings (SSSR count). The molecule has 1 saturated heterocycles. The fourth-order valence-corrected chi connectivity index (χ4v) is 3.46. The predicted octanol–water partition coefficient (Wildman–Crippen LogP) is 1.48. The second-order valence-corrected chi connectivity index (χ2v) is 6.45. The molecule has 1 heterocycles. The number of para-hydroxylation sites is 1. The van der Waals surface area contributed by atoms with Crippen molar-refractivity contribution in [1.29, 1.82) is 0 Å². The smallest absolute Gasteiger partial charge is 0.326 e. The topological polar surface area (TPSA) is 92.8 Å². The van der Waals surface area contributed by atoms with Gasteiger partial charge in [-0.3, -0.25) is 24.1 Å². The van der Waals surface area contributed by atoms with E-state index in [1.807, 2.05) is 0 Å². The normalized spacial score (nSPS) is 22.1. The highest BCUT2D eigenvalue weighted by Gasteiger charge is 2.48. The summed E-state index contributed by atoms with van der Waals surface area (Å²) in [6.45, 7) is -1.13. The number of hydrogen-bond donors (Lipinski definition) is 1. The van der Waals surface area contributed by atoms with E-state index in [1.54, 1.807) is 6.07 Å². The molecule has 0 bridgehead atoms. The Bertz CT molecular complexity index is 727. The zero-order valence-electron chi connectivity index (χ0n) is 14.1. The number of rotatable bonds is 5. The van der Waals surface area contributed by atoms with E-state index >= 15 is 0 Å². The van der Waals surface area contributed by atoms with Gasteiger partial charge in [-0.2, -0.15) is 0 Å². The van der Waals surface area contributed by atoms with Gasteiger partial charge in [-0.15, -0.1) is 0 Å². The Morgan fingerprint density at radius 3 is 2.35 bits per heavy atom. The highest BCUT2D eigenvalue weighted by molar-refractivity contribution is 6.07. The molecule has 7 nitrogen and oxygen atoms in total. The summed E-state index contributed by atoms with van der Waals surface area (Å²) in [5, 5.41) is 2.28. The average Bonchev–Trinajstić information content (AvgIpc) is 2.87. The first-order valence-corrected chi connectivity index (χ1v) is 8.52. The van der Waals surface area contributed by atoms with Crippen LogP contribution in [-0.4, -0.2) is 41.7 Å². The number of likely N-dealkylation sites (tertiary alicyclic amines) is 1. The third kappa shape index (κ3) is 3.74. The van der Waals surface area contributed by atoms with Gasteiger partial charge in [-0.25, -0.2) is 4.39 Å². The molecule has 26 heavy (non-hydrogen) atoms. The van der Waals surface area contributed by atoms with Gasteiger partial charge in [0.2, 0.25) is 11.8 Å². The Kier molecular flexibility index (Phi) is 5.29. The summed E-state index contributed by atoms with van der Waals surface area (Å²) in [6.07, 6.45) is 3.11. The first kappa shape index (κ1) is 18.0. The summed E-state index contributed by atoms with van der Waals surface area (Å²) in [6, 6.07) is 5.59. The van der Waals surface area contributed by atoms with Gasteiger partial charge >= 0.3 is 5.97 Å². The second-order valence-electron chi connectivity index (χ2n) is 6.45. The van der Waals surface area contributed by atoms with Gasteiger partial charge in [0, 0.05) is 0 Å². The van der Waals surface area contributed by atoms with Crippen molar-refractivity contribution in [3.8, 4) is 0 Å². The molecule has 138 valence electrons. The van der Waals surface area contributed by atoms with Crippen LogP contribution in [0.15, 0.2) is 24.3 Å². The van der Waals surface area contributed by atoms with Crippen molar-refractivity contribution in [2.45, 2.75) is 25.7 Å². The first-order chi connectivity index (χ1) is 12.5. The molecule has 0 aromatic heterocycles. The minimum absolute atomic E-state index is 0.0254. The first-order valence-electron chi connectivity index (χ1n) is 8.52. The molecule has 0 spiro atoms. The Hall–Kier alpha value is -2.77. The van der Waals surface area contributed by atoms with E-state index < -0.39 is 30.8 Å². The molecule has 1 aromatic rings. The number of benzene rings is 1. The van der Waals surface area contributed by atoms with E-state index in [0.717, 1.165) is 17.7 Å². The molecule has 0 unspecified atom stereocenters. The molecule has 1 aliphatic carbocycles. The number of esters is 1. The minimum Gasteiger partial charge on any atom is -0.454 e. The molecule has 2 aliphatic rings. The lowest BCUT2D eigenvalue weighted by atomic mass is 9.81. The maximum Gasteiger partial charge on any atom is 0.326 e. The maximum atomic E-state index is 13.4. The van der Waals surface area contributed by atoms with Crippen LogP contribution in [0.1, 0.15) is 25.7 Å². The van der Waals surface area contributed by atoms with Crippen LogP contribution in [0.4, 0.5) is 10.1 Å². The number of anilines is 1. The molecule has 2 fully saturated rings. The molecule has 3 amide bonds. The van der Waals surface area contributed by atoms with Crippen molar-refractivity contribution in [2.24, 2.45) is 11.8 Å². The molecule has 1 N–H and O–H groups in total. The lowest BCUT2D eigenvalue weighted by molar-refractivity contribution is -0.154. The summed E-state index contributed by atoms with van der Waals surface area (Å²) in [7, 11) is 0. The molecule has 1 aliphatic heterocycles. The van der Waals surface area contributed by atoms with Gasteiger partial charge in [-0.05, 0) is 25.0 Å². The Labute approximate surface area is 149 Å². The number of carbonyl (C=O) groups is 4. The maximum absolute atomic E-state index is 13.4. The number of halogens is 1. The van der Waals surface area contributed by atoms with Crippen LogP contribution >= 0.6 is 0 Å². The van der Waals surface area contributed by atoms with Crippen LogP contribution < -0.4 is 5.32 Å². The number of hydrogen-bond acceptors (Lipinski definition) is 5. The standard InChI is InChI=1S/C18H19FN2O5/c19-13-7-3-4-8-14(13)20-15(22)10-26-16(23)9-21-17(24)11-5-1-2-6-12(11)18(21)25/h3-4,7-8,11-12H,1-2,5-6,9-10H2,(H,20,22)/t11-,12-/m1/s1. The van der Waals surface area contributed by atoms with Crippen LogP contribution in [-0.2, 0) is 23.9 Å². The van der Waals surface area contributed by atoms with E-state index in [4.69, 9.17) is 4.74 Å². The number of amides is 3. The largest absolute Gasteiger partial charge is 0.454 e. The average molecular weight is 362 g/mol. The van der Waals surface area contributed by atoms with Crippen molar-refractivity contribution in [1.82, 2.24) is 4.90 Å². The quantitative estimate of drug-likeness (QED) is 0.633. The van der Waals surface area contributed by atoms with Gasteiger partial charge in [-0.1, -0.05) is 25.0 Å². The van der Waals surface area contributed by atoms with Crippen molar-refractivity contribution < 1.29 is 28.3 Å². The Morgan fingerprint density at radius 1 is 1.12 bits per heavy atom. The number of ether oxygens (including phenoxy) is 1. The van der Waals surface area contributed by atoms with E-state index in [2.05, 4.69) is 5.32 Å². The fraction of sp³-hybridized carbons (Fsp3) is 0.444. The zero-order valence-corrected chi connectivity index (χ0v) is 14.1. The third-order valence-electron chi connectivity index (χ3n) is 4.73. The number of nitrogens with one attached hydrogen (secondary N) is 1. The molecular formula is C18H19FN2O5. The molecule has 1 saturated carbocycles. The highest BCUT2D eigenvalue weighted by Crippen LogP contribution is 2.37. The summed E-state index contributed by atoms with van der Waals surface area (Å²) in [5.74, 6) is -3.53. The van der Waals surface area contributed by atoms with E-state index in [-0.39, 0.29) is 29.3 Å². The molecule has 1 aromatic carbocycles. The highest BCUT2D eigenvalue weighted by atomic mass is 19.1. The van der Waals surface area contributed by atoms with Gasteiger partial charge in [0.1, 0.15) is 12.4 Å². The van der Waals surface area contributed by atoms with Gasteiger partial charge in [0.25, 0.3) is 5.91 Å². The second kappa shape index (κ2) is 7.63. The van der Waals surface area contributed by atoms with Gasteiger partial charge in [0.15, 0.2) is 6.61 Å². The van der Waals surface area contributed by atoms with E-state index in [1.165, 1.54) is 18.2 Å². The lowest BCUT2D eigenvalue weighted by Gasteiger charge is -2.19. The van der Waals surface area contributed by atoms with Crippen LogP contribution in [0.3, 0.4) is 0 Å². The monoisotopic (exact) mass is 362 g/mol. The predicted molar refractivity (Wildman–Crippen MR) is 88.2 cm³/mol. The number of fused-ring (bicyclic) bond motifs is 1. The number of carbonyl (C=O) groups excluding carboxylic acids is 4. The summed E-state index contributed by atoms with van der Waals surface area (Å²) < 4.78 is 18.3. The molecule has 0 radical (unpaired) electrons. The van der Waals surface area contributed by atoms with Crippen LogP contribution in [0.5, 0.6) is 0 Å². The fourth-order valence-electron chi connectivity index (χ4n) is 3.46. The van der Waals surface area contributed by atoms with Crippen LogP contribution in [0.2, 0.25) is 0 Å². The molecule has 2 atom stereocenters. The van der Waals surface area contributed by atoms with Crippen molar-refractivity contribution in [2.75, 3.05) is 18.5 Å². The number of nitrogens with zero attached hydrogens (tertiary/aromatic N) is 1. The van der Waals surface area contributed by atoms with Crippen molar-refractivity contribution >= 4 is 29.4 Å². The minimum atomic E-state index is -0.853. The summed E-state index contributed by atoms with van der Waals surface area (Å²) in [5.41, 5.74) is -0.0254. The SMILES string of the molecule is O=C(COC(=O)CN1C(=O)[C@@H]2CCCC[C@H]2C1=O)Nc1ccccc1F. The molecular weight excluding hydrogens is 343 g/mol. The van der Waals surface area contributed by atoms with Gasteiger partial charge in [0.05, 0.1) is 17.5 Å². The third-order valence-corrected chi connectivity index (χ3v) is 4.73. The van der Waals surface area contributed by atoms with Crippen molar-refractivity contribution in [3.05, 3.63) is 30.1 Å². The lowest BCUT2D eigenvalue weighted by Crippen LogP contribution is -2.37. The van der Waals surface area contributed by atoms with Gasteiger partial charge < -0.3 is 10.1 Å². The Morgan fingerprint density at radius 2 is 1.73 bits per heavy atom. The number of imide groups is 1. The van der Waals surface area contributed by atoms with Crippen LogP contribution in [0.25, 0.3) is 0 Å². The zero-order chi connectivity index (χ0) is 18.7. The summed E-state index contributed by atoms with van der Waals surface area (Å²) in [4.78, 5) is 49.1. The summed E-state index contributed by atoms with van der Waals surface area (Å²) >= 11 is 0. The van der Waals surface area contributed by atoms with E-state index in [9.17, 15) is 23.6 Å².